The number of benzene rings is 1. The Morgan fingerprint density at radius 1 is 1.54 bits per heavy atom. The molecule has 0 aromatic heterocycles. The normalized spacial score (nSPS) is 9.31. The van der Waals surface area contributed by atoms with E-state index >= 15 is 0 Å². The van der Waals surface area contributed by atoms with Crippen molar-refractivity contribution < 1.29 is 4.74 Å². The standard InChI is InChI=1S/C10H12N2O/c1-7-5-9(12)8(3-4-11)6-10(7)13-2/h5-6H,3,12H2,1-2H3. The molecule has 0 spiro atoms. The topological polar surface area (TPSA) is 59.0 Å². The predicted octanol–water partition coefficient (Wildman–Crippen LogP) is 1.65. The van der Waals surface area contributed by atoms with Crippen LogP contribution in [0.1, 0.15) is 11.1 Å². The minimum absolute atomic E-state index is 0.322. The lowest BCUT2D eigenvalue weighted by atomic mass is 10.1. The van der Waals surface area contributed by atoms with Crippen LogP contribution in [0.25, 0.3) is 0 Å². The second kappa shape index (κ2) is 3.81. The maximum Gasteiger partial charge on any atom is 0.122 e. The molecule has 0 aliphatic rings. The van der Waals surface area contributed by atoms with Gasteiger partial charge in [0, 0.05) is 5.69 Å². The van der Waals surface area contributed by atoms with E-state index in [0.29, 0.717) is 12.1 Å². The summed E-state index contributed by atoms with van der Waals surface area (Å²) >= 11 is 0. The summed E-state index contributed by atoms with van der Waals surface area (Å²) in [6.07, 6.45) is 0.322. The maximum atomic E-state index is 8.53. The molecule has 3 heteroatoms. The third kappa shape index (κ3) is 1.91. The van der Waals surface area contributed by atoms with Crippen molar-refractivity contribution in [2.24, 2.45) is 0 Å². The molecule has 0 bridgehead atoms. The van der Waals surface area contributed by atoms with E-state index in [1.807, 2.05) is 19.1 Å². The third-order valence-corrected chi connectivity index (χ3v) is 1.93. The van der Waals surface area contributed by atoms with Gasteiger partial charge < -0.3 is 10.5 Å². The minimum atomic E-state index is 0.322. The van der Waals surface area contributed by atoms with Crippen molar-refractivity contribution >= 4 is 5.69 Å². The zero-order valence-corrected chi connectivity index (χ0v) is 7.79. The first-order valence-electron chi connectivity index (χ1n) is 3.99. The van der Waals surface area contributed by atoms with Gasteiger partial charge in [-0.3, -0.25) is 0 Å². The molecule has 0 radical (unpaired) electrons. The van der Waals surface area contributed by atoms with Gasteiger partial charge in [0.15, 0.2) is 0 Å². The number of nitrogen functional groups attached to an aromatic ring is 1. The molecule has 1 rings (SSSR count). The van der Waals surface area contributed by atoms with Crippen LogP contribution in [0.2, 0.25) is 0 Å². The molecule has 2 N–H and O–H groups in total. The molecule has 13 heavy (non-hydrogen) atoms. The molecule has 1 aromatic carbocycles. The van der Waals surface area contributed by atoms with Gasteiger partial charge in [-0.05, 0) is 30.2 Å². The maximum absolute atomic E-state index is 8.53. The molecule has 0 unspecified atom stereocenters. The Hall–Kier alpha value is -1.69. The first-order chi connectivity index (χ1) is 6.19. The summed E-state index contributed by atoms with van der Waals surface area (Å²) in [6.45, 7) is 1.92. The SMILES string of the molecule is COc1cc(CC#N)c(N)cc1C. The second-order valence-corrected chi connectivity index (χ2v) is 2.86. The van der Waals surface area contributed by atoms with Crippen molar-refractivity contribution in [2.45, 2.75) is 13.3 Å². The predicted molar refractivity (Wildman–Crippen MR) is 51.5 cm³/mol. The Labute approximate surface area is 77.7 Å². The average molecular weight is 176 g/mol. The van der Waals surface area contributed by atoms with E-state index in [1.165, 1.54) is 0 Å². The minimum Gasteiger partial charge on any atom is -0.496 e. The highest BCUT2D eigenvalue weighted by Crippen LogP contribution is 2.24. The molecule has 0 amide bonds. The van der Waals surface area contributed by atoms with Crippen molar-refractivity contribution in [3.63, 3.8) is 0 Å². The van der Waals surface area contributed by atoms with E-state index in [0.717, 1.165) is 16.9 Å². The van der Waals surface area contributed by atoms with Crippen molar-refractivity contribution in [2.75, 3.05) is 12.8 Å². The highest BCUT2D eigenvalue weighted by atomic mass is 16.5. The van der Waals surface area contributed by atoms with Gasteiger partial charge in [-0.25, -0.2) is 0 Å². The summed E-state index contributed by atoms with van der Waals surface area (Å²) in [5.41, 5.74) is 8.19. The number of hydrogen-bond donors (Lipinski definition) is 1. The Morgan fingerprint density at radius 2 is 2.23 bits per heavy atom. The van der Waals surface area contributed by atoms with Gasteiger partial charge in [-0.15, -0.1) is 0 Å². The number of nitrogens with zero attached hydrogens (tertiary/aromatic N) is 1. The van der Waals surface area contributed by atoms with Crippen LogP contribution in [0.5, 0.6) is 5.75 Å². The molecule has 3 nitrogen and oxygen atoms in total. The molecule has 0 fully saturated rings. The fourth-order valence-electron chi connectivity index (χ4n) is 1.21. The molecule has 68 valence electrons. The third-order valence-electron chi connectivity index (χ3n) is 1.93. The van der Waals surface area contributed by atoms with Crippen LogP contribution in [0, 0.1) is 18.3 Å². The van der Waals surface area contributed by atoms with Gasteiger partial charge in [-0.2, -0.15) is 5.26 Å². The smallest absolute Gasteiger partial charge is 0.122 e. The Morgan fingerprint density at radius 3 is 2.77 bits per heavy atom. The van der Waals surface area contributed by atoms with Crippen molar-refractivity contribution in [1.29, 1.82) is 5.26 Å². The number of rotatable bonds is 2. The summed E-state index contributed by atoms with van der Waals surface area (Å²) in [5, 5.41) is 8.53. The number of aryl methyl sites for hydroxylation is 1. The van der Waals surface area contributed by atoms with Crippen LogP contribution in [0.3, 0.4) is 0 Å². The summed E-state index contributed by atoms with van der Waals surface area (Å²) in [6, 6.07) is 5.70. The Bertz CT molecular complexity index is 353. The van der Waals surface area contributed by atoms with Crippen molar-refractivity contribution in [1.82, 2.24) is 0 Å². The Balaban J connectivity index is 3.16. The molecule has 0 atom stereocenters. The van der Waals surface area contributed by atoms with Gasteiger partial charge in [0.05, 0.1) is 19.6 Å². The lowest BCUT2D eigenvalue weighted by Gasteiger charge is -2.08. The van der Waals surface area contributed by atoms with E-state index in [1.54, 1.807) is 7.11 Å². The monoisotopic (exact) mass is 176 g/mol. The van der Waals surface area contributed by atoms with Gasteiger partial charge >= 0.3 is 0 Å². The molecule has 0 saturated carbocycles. The van der Waals surface area contributed by atoms with E-state index in [-0.39, 0.29) is 0 Å². The number of nitrogens with two attached hydrogens (primary N) is 1. The number of nitriles is 1. The molecule has 0 aliphatic carbocycles. The van der Waals surface area contributed by atoms with E-state index in [4.69, 9.17) is 15.7 Å². The van der Waals surface area contributed by atoms with Gasteiger partial charge in [0.25, 0.3) is 0 Å². The van der Waals surface area contributed by atoms with Crippen LogP contribution < -0.4 is 10.5 Å². The van der Waals surface area contributed by atoms with Gasteiger partial charge in [-0.1, -0.05) is 0 Å². The number of hydrogen-bond acceptors (Lipinski definition) is 3. The lowest BCUT2D eigenvalue weighted by Crippen LogP contribution is -1.97. The summed E-state index contributed by atoms with van der Waals surface area (Å²) in [4.78, 5) is 0. The molecule has 1 aromatic rings. The molecular formula is C10H12N2O. The van der Waals surface area contributed by atoms with Crippen LogP contribution in [-0.4, -0.2) is 7.11 Å². The van der Waals surface area contributed by atoms with Crippen LogP contribution in [0.4, 0.5) is 5.69 Å². The largest absolute Gasteiger partial charge is 0.496 e. The van der Waals surface area contributed by atoms with Crippen LogP contribution >= 0.6 is 0 Å². The Kier molecular flexibility index (Phi) is 2.76. The number of anilines is 1. The molecule has 0 aliphatic heterocycles. The fraction of sp³-hybridized carbons (Fsp3) is 0.300. The zero-order chi connectivity index (χ0) is 9.84. The summed E-state index contributed by atoms with van der Waals surface area (Å²) < 4.78 is 5.12. The van der Waals surface area contributed by atoms with Crippen LogP contribution in [-0.2, 0) is 6.42 Å². The van der Waals surface area contributed by atoms with Crippen molar-refractivity contribution in [3.8, 4) is 11.8 Å². The van der Waals surface area contributed by atoms with E-state index in [9.17, 15) is 0 Å². The lowest BCUT2D eigenvalue weighted by molar-refractivity contribution is 0.411. The van der Waals surface area contributed by atoms with Crippen LogP contribution in [0.15, 0.2) is 12.1 Å². The molecular weight excluding hydrogens is 164 g/mol. The van der Waals surface area contributed by atoms with Gasteiger partial charge in [0.1, 0.15) is 5.75 Å². The summed E-state index contributed by atoms with van der Waals surface area (Å²) in [7, 11) is 1.61. The molecule has 0 heterocycles. The van der Waals surface area contributed by atoms with Crippen molar-refractivity contribution in [3.05, 3.63) is 23.3 Å². The highest BCUT2D eigenvalue weighted by molar-refractivity contribution is 5.55. The first kappa shape index (κ1) is 9.40. The summed E-state index contributed by atoms with van der Waals surface area (Å²) in [5.74, 6) is 0.777. The number of ether oxygens (including phenoxy) is 1. The average Bonchev–Trinajstić information content (AvgIpc) is 2.10. The second-order valence-electron chi connectivity index (χ2n) is 2.86. The highest BCUT2D eigenvalue weighted by Gasteiger charge is 2.04. The zero-order valence-electron chi connectivity index (χ0n) is 7.79. The van der Waals surface area contributed by atoms with E-state index in [2.05, 4.69) is 6.07 Å². The number of methoxy groups -OCH3 is 1. The quantitative estimate of drug-likeness (QED) is 0.697. The molecule has 0 saturated heterocycles. The first-order valence-corrected chi connectivity index (χ1v) is 3.99. The van der Waals surface area contributed by atoms with Gasteiger partial charge in [0.2, 0.25) is 0 Å². The van der Waals surface area contributed by atoms with E-state index < -0.39 is 0 Å². The fourth-order valence-corrected chi connectivity index (χ4v) is 1.21.